The van der Waals surface area contributed by atoms with Gasteiger partial charge in [0.05, 0.1) is 22.6 Å². The second kappa shape index (κ2) is 10.5. The fourth-order valence-corrected chi connectivity index (χ4v) is 5.80. The molecule has 4 heterocycles. The number of nitrogens with zero attached hydrogens (tertiary/aromatic N) is 5. The molecule has 12 heteroatoms. The number of aliphatic carboxylic acids is 1. The molecule has 1 aromatic carbocycles. The number of thiocarbonyl (C=S) groups is 1. The minimum Gasteiger partial charge on any atom is -0.481 e. The summed E-state index contributed by atoms with van der Waals surface area (Å²) in [5.74, 6) is -1.33. The van der Waals surface area contributed by atoms with E-state index in [9.17, 15) is 18.8 Å². The second-order valence-corrected chi connectivity index (χ2v) is 10.7. The predicted octanol–water partition coefficient (Wildman–Crippen LogP) is 3.14. The van der Waals surface area contributed by atoms with E-state index in [1.807, 2.05) is 22.8 Å². The molecule has 0 saturated carbocycles. The smallest absolute Gasteiger partial charge is 0.305 e. The van der Waals surface area contributed by atoms with E-state index in [-0.39, 0.29) is 39.1 Å². The van der Waals surface area contributed by atoms with Gasteiger partial charge < -0.3 is 14.9 Å². The van der Waals surface area contributed by atoms with Gasteiger partial charge >= 0.3 is 5.97 Å². The number of carbonyl (C=O) groups excluding carboxylic acids is 1. The van der Waals surface area contributed by atoms with Crippen LogP contribution in [0.4, 0.5) is 15.9 Å². The fourth-order valence-electron chi connectivity index (χ4n) is 4.51. The highest BCUT2D eigenvalue weighted by atomic mass is 32.2. The first-order valence-corrected chi connectivity index (χ1v) is 13.2. The highest BCUT2D eigenvalue weighted by Crippen LogP contribution is 2.34. The number of anilines is 2. The molecule has 2 fully saturated rings. The summed E-state index contributed by atoms with van der Waals surface area (Å²) < 4.78 is 16.0. The van der Waals surface area contributed by atoms with Gasteiger partial charge in [-0.05, 0) is 36.8 Å². The van der Waals surface area contributed by atoms with Crippen LogP contribution in [0.1, 0.15) is 17.5 Å². The number of carboxylic acids is 1. The predicted molar refractivity (Wildman–Crippen MR) is 149 cm³/mol. The normalized spacial score (nSPS) is 17.2. The van der Waals surface area contributed by atoms with Crippen molar-refractivity contribution < 1.29 is 19.1 Å². The molecule has 2 aromatic heterocycles. The van der Waals surface area contributed by atoms with Crippen LogP contribution in [-0.4, -0.2) is 68.3 Å². The van der Waals surface area contributed by atoms with Gasteiger partial charge in [-0.2, -0.15) is 0 Å². The maximum Gasteiger partial charge on any atom is 0.305 e. The summed E-state index contributed by atoms with van der Waals surface area (Å²) in [7, 11) is 0. The van der Waals surface area contributed by atoms with Crippen LogP contribution in [0.2, 0.25) is 0 Å². The number of amides is 1. The minimum absolute atomic E-state index is 0.0453. The van der Waals surface area contributed by atoms with Crippen molar-refractivity contribution in [2.24, 2.45) is 0 Å². The van der Waals surface area contributed by atoms with E-state index in [4.69, 9.17) is 22.3 Å². The topological polar surface area (TPSA) is 98.5 Å². The summed E-state index contributed by atoms with van der Waals surface area (Å²) in [5, 5.41) is 9.01. The summed E-state index contributed by atoms with van der Waals surface area (Å²) in [5.41, 5.74) is 1.78. The second-order valence-electron chi connectivity index (χ2n) is 8.99. The molecule has 1 amide bonds. The Morgan fingerprint density at radius 2 is 1.84 bits per heavy atom. The molecule has 5 rings (SSSR count). The van der Waals surface area contributed by atoms with Crippen LogP contribution < -0.4 is 15.4 Å². The molecule has 0 atom stereocenters. The summed E-state index contributed by atoms with van der Waals surface area (Å²) >= 11 is 6.34. The Hall–Kier alpha value is -3.77. The van der Waals surface area contributed by atoms with E-state index >= 15 is 0 Å². The van der Waals surface area contributed by atoms with Crippen LogP contribution in [0.3, 0.4) is 0 Å². The SMILES string of the molecule is Cc1ccc2nc(N3CCN(c4ccccc4F)CC3)c(C=C3SC(=S)N(CCC(=O)O)C3=O)c(=O)n2c1. The number of para-hydroxylation sites is 1. The Balaban J connectivity index is 1.51. The number of carbonyl (C=O) groups is 2. The first-order chi connectivity index (χ1) is 18.2. The van der Waals surface area contributed by atoms with Crippen LogP contribution in [-0.2, 0) is 9.59 Å². The van der Waals surface area contributed by atoms with Crippen LogP contribution in [0.25, 0.3) is 11.7 Å². The number of benzene rings is 1. The number of halogens is 1. The number of carboxylic acid groups (broad SMARTS) is 1. The number of aryl methyl sites for hydroxylation is 1. The Kier molecular flexibility index (Phi) is 7.17. The van der Waals surface area contributed by atoms with Crippen LogP contribution in [0.15, 0.2) is 52.3 Å². The lowest BCUT2D eigenvalue weighted by Crippen LogP contribution is -2.47. The molecular formula is C26H24FN5O4S2. The van der Waals surface area contributed by atoms with Crippen molar-refractivity contribution in [2.75, 3.05) is 42.5 Å². The number of rotatable bonds is 6. The molecule has 9 nitrogen and oxygen atoms in total. The Morgan fingerprint density at radius 3 is 2.55 bits per heavy atom. The van der Waals surface area contributed by atoms with Crippen LogP contribution in [0.5, 0.6) is 0 Å². The Bertz CT molecular complexity index is 1550. The van der Waals surface area contributed by atoms with Crippen molar-refractivity contribution >= 4 is 63.4 Å². The van der Waals surface area contributed by atoms with Gasteiger partial charge in [0.15, 0.2) is 0 Å². The first kappa shape index (κ1) is 25.9. The minimum atomic E-state index is -1.04. The van der Waals surface area contributed by atoms with Gasteiger partial charge in [0.25, 0.3) is 11.5 Å². The fraction of sp³-hybridized carbons (Fsp3) is 0.269. The van der Waals surface area contributed by atoms with Gasteiger partial charge in [-0.3, -0.25) is 23.7 Å². The lowest BCUT2D eigenvalue weighted by molar-refractivity contribution is -0.137. The van der Waals surface area contributed by atoms with Gasteiger partial charge in [0, 0.05) is 38.9 Å². The number of thioether (sulfide) groups is 1. The van der Waals surface area contributed by atoms with Crippen molar-refractivity contribution in [3.05, 3.63) is 74.8 Å². The summed E-state index contributed by atoms with van der Waals surface area (Å²) in [6.07, 6.45) is 2.96. The number of aromatic nitrogens is 2. The maximum absolute atomic E-state index is 14.3. The average Bonchev–Trinajstić information content (AvgIpc) is 3.16. The standard InChI is InChI=1S/C26H24FN5O4S2/c1-16-6-7-21-28-23(30-12-10-29(11-13-30)19-5-3-2-4-18(19)27)17(24(35)32(21)15-16)14-20-25(36)31(26(37)38-20)9-8-22(33)34/h2-7,14-15H,8-13H2,1H3,(H,33,34). The van der Waals surface area contributed by atoms with E-state index in [1.165, 1.54) is 21.4 Å². The number of fused-ring (bicyclic) bond motifs is 1. The highest BCUT2D eigenvalue weighted by Gasteiger charge is 2.33. The molecule has 38 heavy (non-hydrogen) atoms. The van der Waals surface area contributed by atoms with Crippen molar-refractivity contribution in [3.8, 4) is 0 Å². The zero-order chi connectivity index (χ0) is 27.0. The van der Waals surface area contributed by atoms with Crippen molar-refractivity contribution in [3.63, 3.8) is 0 Å². The van der Waals surface area contributed by atoms with Crippen LogP contribution >= 0.6 is 24.0 Å². The molecule has 196 valence electrons. The van der Waals surface area contributed by atoms with Crippen molar-refractivity contribution in [1.82, 2.24) is 14.3 Å². The maximum atomic E-state index is 14.3. The lowest BCUT2D eigenvalue weighted by Gasteiger charge is -2.37. The third kappa shape index (κ3) is 5.01. The number of hydrogen-bond donors (Lipinski definition) is 1. The third-order valence-corrected chi connectivity index (χ3v) is 7.83. The van der Waals surface area contributed by atoms with E-state index in [1.54, 1.807) is 30.5 Å². The van der Waals surface area contributed by atoms with Crippen molar-refractivity contribution in [1.29, 1.82) is 0 Å². The number of pyridine rings is 1. The molecule has 0 unspecified atom stereocenters. The van der Waals surface area contributed by atoms with Gasteiger partial charge in [-0.25, -0.2) is 9.37 Å². The molecule has 1 N–H and O–H groups in total. The summed E-state index contributed by atoms with van der Waals surface area (Å²) in [6, 6.07) is 10.3. The molecule has 2 aliphatic heterocycles. The van der Waals surface area contributed by atoms with Gasteiger partial charge in [-0.1, -0.05) is 42.2 Å². The van der Waals surface area contributed by atoms with Crippen LogP contribution in [0, 0.1) is 12.7 Å². The number of hydrogen-bond acceptors (Lipinski definition) is 8. The molecule has 2 aliphatic rings. The number of piperazine rings is 1. The zero-order valence-electron chi connectivity index (χ0n) is 20.5. The molecular weight excluding hydrogens is 529 g/mol. The summed E-state index contributed by atoms with van der Waals surface area (Å²) in [4.78, 5) is 47.9. The van der Waals surface area contributed by atoms with Crippen molar-refractivity contribution in [2.45, 2.75) is 13.3 Å². The van der Waals surface area contributed by atoms with E-state index in [0.717, 1.165) is 17.3 Å². The van der Waals surface area contributed by atoms with Gasteiger partial charge in [-0.15, -0.1) is 0 Å². The largest absolute Gasteiger partial charge is 0.481 e. The Morgan fingerprint density at radius 1 is 1.13 bits per heavy atom. The molecule has 0 spiro atoms. The molecule has 0 radical (unpaired) electrons. The van der Waals surface area contributed by atoms with Gasteiger partial charge in [0.2, 0.25) is 0 Å². The molecule has 2 saturated heterocycles. The van der Waals surface area contributed by atoms with E-state index < -0.39 is 11.9 Å². The van der Waals surface area contributed by atoms with E-state index in [0.29, 0.717) is 43.3 Å². The molecule has 0 aliphatic carbocycles. The third-order valence-electron chi connectivity index (χ3n) is 6.46. The molecule has 0 bridgehead atoms. The quantitative estimate of drug-likeness (QED) is 0.365. The molecule has 3 aromatic rings. The highest BCUT2D eigenvalue weighted by molar-refractivity contribution is 8.26. The Labute approximate surface area is 227 Å². The average molecular weight is 554 g/mol. The van der Waals surface area contributed by atoms with Gasteiger partial charge in [0.1, 0.15) is 21.6 Å². The van der Waals surface area contributed by atoms with E-state index in [2.05, 4.69) is 0 Å². The first-order valence-electron chi connectivity index (χ1n) is 12.0. The lowest BCUT2D eigenvalue weighted by atomic mass is 10.2. The zero-order valence-corrected chi connectivity index (χ0v) is 22.1. The monoisotopic (exact) mass is 553 g/mol. The summed E-state index contributed by atoms with van der Waals surface area (Å²) in [6.45, 7) is 3.84.